The van der Waals surface area contributed by atoms with Crippen LogP contribution in [0.25, 0.3) is 0 Å². The second-order valence-electron chi connectivity index (χ2n) is 4.52. The first-order valence-corrected chi connectivity index (χ1v) is 7.19. The van der Waals surface area contributed by atoms with Crippen LogP contribution in [0.4, 0.5) is 4.39 Å². The van der Waals surface area contributed by atoms with E-state index in [4.69, 9.17) is 16.3 Å². The Hall–Kier alpha value is -0.160. The van der Waals surface area contributed by atoms with Gasteiger partial charge in [0.25, 0.3) is 0 Å². The van der Waals surface area contributed by atoms with Crippen LogP contribution in [-0.4, -0.2) is 17.8 Å². The summed E-state index contributed by atoms with van der Waals surface area (Å²) in [6.07, 6.45) is 2.69. The Bertz CT molecular complexity index is 422. The van der Waals surface area contributed by atoms with Crippen LogP contribution in [-0.2, 0) is 4.74 Å². The Labute approximate surface area is 119 Å². The molecule has 0 bridgehead atoms. The smallest absolute Gasteiger partial charge is 0.130 e. The number of rotatable bonds is 4. The molecular weight excluding hydrogens is 322 g/mol. The average Bonchev–Trinajstić information content (AvgIpc) is 2.84. The first-order valence-electron chi connectivity index (χ1n) is 6.02. The highest BCUT2D eigenvalue weighted by molar-refractivity contribution is 9.10. The molecule has 1 aromatic carbocycles. The van der Waals surface area contributed by atoms with E-state index in [-0.39, 0.29) is 11.7 Å². The highest BCUT2D eigenvalue weighted by Gasteiger charge is 2.20. The normalized spacial score (nSPS) is 21.2. The van der Waals surface area contributed by atoms with E-state index in [1.54, 1.807) is 0 Å². The van der Waals surface area contributed by atoms with Gasteiger partial charge in [0.05, 0.1) is 17.2 Å². The van der Waals surface area contributed by atoms with Crippen LogP contribution in [0.3, 0.4) is 0 Å². The maximum absolute atomic E-state index is 13.7. The van der Waals surface area contributed by atoms with Gasteiger partial charge in [-0.1, -0.05) is 11.6 Å². The predicted octanol–water partition coefficient (Wildman–Crippen LogP) is 4.23. The molecule has 1 aliphatic rings. The van der Waals surface area contributed by atoms with Gasteiger partial charge < -0.3 is 9.84 Å². The summed E-state index contributed by atoms with van der Waals surface area (Å²) < 4.78 is 19.7. The molecule has 2 rings (SSSR count). The maximum Gasteiger partial charge on any atom is 0.130 e. The van der Waals surface area contributed by atoms with Crippen LogP contribution in [0.1, 0.15) is 37.4 Å². The van der Waals surface area contributed by atoms with E-state index in [1.807, 2.05) is 0 Å². The third-order valence-corrected chi connectivity index (χ3v) is 4.38. The lowest BCUT2D eigenvalue weighted by Gasteiger charge is -2.15. The van der Waals surface area contributed by atoms with E-state index in [2.05, 4.69) is 15.9 Å². The zero-order valence-electron chi connectivity index (χ0n) is 9.83. The number of hydrogen-bond donors (Lipinski definition) is 1. The van der Waals surface area contributed by atoms with E-state index in [0.29, 0.717) is 15.9 Å². The molecule has 0 radical (unpaired) electrons. The van der Waals surface area contributed by atoms with Crippen LogP contribution in [0.2, 0.25) is 5.02 Å². The first kappa shape index (κ1) is 14.3. The van der Waals surface area contributed by atoms with Gasteiger partial charge in [0.2, 0.25) is 0 Å². The van der Waals surface area contributed by atoms with Gasteiger partial charge in [-0.15, -0.1) is 0 Å². The molecule has 0 aliphatic carbocycles. The number of aliphatic hydroxyl groups excluding tert-OH is 1. The summed E-state index contributed by atoms with van der Waals surface area (Å²) >= 11 is 9.06. The molecule has 1 heterocycles. The molecule has 1 aliphatic heterocycles. The minimum Gasteiger partial charge on any atom is -0.388 e. The maximum atomic E-state index is 13.7. The molecular formula is C13H15BrClFO2. The van der Waals surface area contributed by atoms with Crippen molar-refractivity contribution in [2.24, 2.45) is 0 Å². The average molecular weight is 338 g/mol. The number of ether oxygens (including phenoxy) is 1. The van der Waals surface area contributed by atoms with Gasteiger partial charge in [-0.3, -0.25) is 0 Å². The lowest BCUT2D eigenvalue weighted by atomic mass is 10.0. The quantitative estimate of drug-likeness (QED) is 0.833. The van der Waals surface area contributed by atoms with Crippen molar-refractivity contribution in [2.45, 2.75) is 37.9 Å². The Morgan fingerprint density at radius 2 is 2.33 bits per heavy atom. The summed E-state index contributed by atoms with van der Waals surface area (Å²) in [6, 6.07) is 2.76. The number of aliphatic hydroxyl groups is 1. The molecule has 0 spiro atoms. The molecule has 1 aromatic rings. The van der Waals surface area contributed by atoms with Crippen LogP contribution in [0.5, 0.6) is 0 Å². The fraction of sp³-hybridized carbons (Fsp3) is 0.538. The molecule has 2 nitrogen and oxygen atoms in total. The number of hydrogen-bond acceptors (Lipinski definition) is 2. The van der Waals surface area contributed by atoms with Crippen molar-refractivity contribution in [3.63, 3.8) is 0 Å². The first-order chi connectivity index (χ1) is 8.58. The van der Waals surface area contributed by atoms with E-state index in [1.165, 1.54) is 12.1 Å². The van der Waals surface area contributed by atoms with Crippen LogP contribution < -0.4 is 0 Å². The molecule has 0 aromatic heterocycles. The van der Waals surface area contributed by atoms with Crippen molar-refractivity contribution >= 4 is 27.5 Å². The van der Waals surface area contributed by atoms with E-state index < -0.39 is 11.9 Å². The monoisotopic (exact) mass is 336 g/mol. The van der Waals surface area contributed by atoms with Crippen molar-refractivity contribution in [3.8, 4) is 0 Å². The Morgan fingerprint density at radius 1 is 1.56 bits per heavy atom. The molecule has 2 atom stereocenters. The fourth-order valence-electron chi connectivity index (χ4n) is 2.16. The molecule has 1 fully saturated rings. The molecule has 1 saturated heterocycles. The Balaban J connectivity index is 1.99. The van der Waals surface area contributed by atoms with Gasteiger partial charge in [-0.2, -0.15) is 0 Å². The highest BCUT2D eigenvalue weighted by Crippen LogP contribution is 2.31. The van der Waals surface area contributed by atoms with Crippen molar-refractivity contribution in [1.82, 2.24) is 0 Å². The minimum atomic E-state index is -0.834. The number of halogens is 3. The van der Waals surface area contributed by atoms with Crippen LogP contribution in [0, 0.1) is 5.82 Å². The molecule has 0 amide bonds. The SMILES string of the molecule is OC(CCC1CCCO1)c1cc(Cl)c(Br)cc1F. The largest absolute Gasteiger partial charge is 0.388 e. The van der Waals surface area contributed by atoms with Gasteiger partial charge >= 0.3 is 0 Å². The van der Waals surface area contributed by atoms with Gasteiger partial charge in [0.1, 0.15) is 5.82 Å². The van der Waals surface area contributed by atoms with E-state index >= 15 is 0 Å². The minimum absolute atomic E-state index is 0.202. The van der Waals surface area contributed by atoms with Crippen molar-refractivity contribution in [1.29, 1.82) is 0 Å². The summed E-state index contributed by atoms with van der Waals surface area (Å²) in [5, 5.41) is 10.4. The third kappa shape index (κ3) is 3.44. The van der Waals surface area contributed by atoms with E-state index in [0.717, 1.165) is 25.9 Å². The lowest BCUT2D eigenvalue weighted by Crippen LogP contribution is -2.09. The van der Waals surface area contributed by atoms with Gasteiger partial charge in [-0.05, 0) is 53.7 Å². The summed E-state index contributed by atoms with van der Waals surface area (Å²) in [5.41, 5.74) is 0.251. The fourth-order valence-corrected chi connectivity index (χ4v) is 2.65. The Morgan fingerprint density at radius 3 is 3.00 bits per heavy atom. The van der Waals surface area contributed by atoms with Gasteiger partial charge in [0.15, 0.2) is 0 Å². The predicted molar refractivity (Wildman–Crippen MR) is 72.3 cm³/mol. The molecule has 5 heteroatoms. The zero-order valence-corrected chi connectivity index (χ0v) is 12.2. The van der Waals surface area contributed by atoms with Crippen LogP contribution in [0.15, 0.2) is 16.6 Å². The highest BCUT2D eigenvalue weighted by atomic mass is 79.9. The standard InChI is InChI=1S/C13H15BrClFO2/c14-10-7-12(16)9(6-11(10)15)13(17)4-3-8-2-1-5-18-8/h6-8,13,17H,1-5H2. The van der Waals surface area contributed by atoms with Crippen molar-refractivity contribution in [2.75, 3.05) is 6.61 Å². The second-order valence-corrected chi connectivity index (χ2v) is 5.78. The third-order valence-electron chi connectivity index (χ3n) is 3.18. The molecule has 1 N–H and O–H groups in total. The second kappa shape index (κ2) is 6.33. The molecule has 0 saturated carbocycles. The summed E-state index contributed by atoms with van der Waals surface area (Å²) in [5.74, 6) is -0.439. The zero-order chi connectivity index (χ0) is 13.1. The molecule has 18 heavy (non-hydrogen) atoms. The van der Waals surface area contributed by atoms with Gasteiger partial charge in [0, 0.05) is 16.6 Å². The number of benzene rings is 1. The van der Waals surface area contributed by atoms with Gasteiger partial charge in [-0.25, -0.2) is 4.39 Å². The summed E-state index contributed by atoms with van der Waals surface area (Å²) in [4.78, 5) is 0. The lowest BCUT2D eigenvalue weighted by molar-refractivity contribution is 0.0803. The molecule has 2 unspecified atom stereocenters. The Kier molecular flexibility index (Phi) is 5.01. The molecule has 100 valence electrons. The van der Waals surface area contributed by atoms with E-state index in [9.17, 15) is 9.50 Å². The van der Waals surface area contributed by atoms with Crippen molar-refractivity contribution < 1.29 is 14.2 Å². The summed E-state index contributed by atoms with van der Waals surface area (Å²) in [6.45, 7) is 0.791. The topological polar surface area (TPSA) is 29.5 Å². The summed E-state index contributed by atoms with van der Waals surface area (Å²) in [7, 11) is 0. The van der Waals surface area contributed by atoms with Crippen molar-refractivity contribution in [3.05, 3.63) is 33.0 Å². The van der Waals surface area contributed by atoms with Crippen LogP contribution >= 0.6 is 27.5 Å².